The summed E-state index contributed by atoms with van der Waals surface area (Å²) in [7, 11) is 2.00. The van der Waals surface area contributed by atoms with Crippen molar-refractivity contribution < 1.29 is 4.57 Å². The second kappa shape index (κ2) is 2.47. The van der Waals surface area contributed by atoms with Crippen molar-refractivity contribution in [3.8, 4) is 0 Å². The van der Waals surface area contributed by atoms with Gasteiger partial charge in [0.25, 0.3) is 0 Å². The monoisotopic (exact) mass is 184 g/mol. The van der Waals surface area contributed by atoms with Crippen molar-refractivity contribution in [2.75, 3.05) is 0 Å². The average molecular weight is 185 g/mol. The lowest BCUT2D eigenvalue weighted by Gasteiger charge is -1.87. The van der Waals surface area contributed by atoms with Crippen LogP contribution in [0.1, 0.15) is 0 Å². The van der Waals surface area contributed by atoms with Gasteiger partial charge in [0, 0.05) is 0 Å². The highest BCUT2D eigenvalue weighted by atomic mass is 35.5. The number of thiazole rings is 1. The molecular formula is C8H7ClNS+. The molecule has 1 aromatic carbocycles. The lowest BCUT2D eigenvalue weighted by atomic mass is 10.3. The zero-order valence-corrected chi connectivity index (χ0v) is 7.62. The molecule has 2 aromatic rings. The summed E-state index contributed by atoms with van der Waals surface area (Å²) < 4.78 is 3.28. The lowest BCUT2D eigenvalue weighted by molar-refractivity contribution is -0.640. The van der Waals surface area contributed by atoms with Gasteiger partial charge < -0.3 is 0 Å². The van der Waals surface area contributed by atoms with E-state index in [1.54, 1.807) is 11.3 Å². The van der Waals surface area contributed by atoms with Gasteiger partial charge in [0.15, 0.2) is 0 Å². The minimum atomic E-state index is 0.825. The first-order valence-electron chi connectivity index (χ1n) is 3.30. The Balaban J connectivity index is 2.96. The maximum atomic E-state index is 5.99. The molecule has 0 fully saturated rings. The number of aromatic nitrogens is 1. The van der Waals surface area contributed by atoms with E-state index in [9.17, 15) is 0 Å². The maximum absolute atomic E-state index is 5.99. The first-order chi connectivity index (χ1) is 5.29. The molecule has 0 atom stereocenters. The van der Waals surface area contributed by atoms with Crippen molar-refractivity contribution >= 4 is 33.2 Å². The van der Waals surface area contributed by atoms with Crippen LogP contribution < -0.4 is 4.57 Å². The Labute approximate surface area is 73.9 Å². The van der Waals surface area contributed by atoms with Gasteiger partial charge in [0.05, 0.1) is 0 Å². The van der Waals surface area contributed by atoms with E-state index in [4.69, 9.17) is 11.6 Å². The number of aryl methyl sites for hydroxylation is 1. The molecule has 1 nitrogen and oxygen atoms in total. The second-order valence-corrected chi connectivity index (χ2v) is 3.71. The molecule has 56 valence electrons. The molecule has 0 aliphatic carbocycles. The van der Waals surface area contributed by atoms with Gasteiger partial charge in [-0.3, -0.25) is 0 Å². The fraction of sp³-hybridized carbons (Fsp3) is 0.125. The molecular weight excluding hydrogens is 178 g/mol. The van der Waals surface area contributed by atoms with Crippen LogP contribution in [0.3, 0.4) is 0 Å². The number of benzene rings is 1. The summed E-state index contributed by atoms with van der Waals surface area (Å²) in [6.07, 6.45) is 0. The van der Waals surface area contributed by atoms with Crippen LogP contribution >= 0.6 is 22.9 Å². The van der Waals surface area contributed by atoms with Crippen LogP contribution in [0.5, 0.6) is 0 Å². The topological polar surface area (TPSA) is 3.88 Å². The Hall–Kier alpha value is -0.600. The molecule has 0 saturated carbocycles. The van der Waals surface area contributed by atoms with E-state index in [-0.39, 0.29) is 0 Å². The third-order valence-corrected chi connectivity index (χ3v) is 2.95. The summed E-state index contributed by atoms with van der Waals surface area (Å²) in [6, 6.07) is 5.96. The zero-order valence-electron chi connectivity index (χ0n) is 6.04. The molecule has 0 aliphatic heterocycles. The maximum Gasteiger partial charge on any atom is 0.242 e. The van der Waals surface area contributed by atoms with Crippen molar-refractivity contribution in [3.63, 3.8) is 0 Å². The molecule has 1 heterocycles. The fourth-order valence-corrected chi connectivity index (χ4v) is 2.39. The van der Waals surface area contributed by atoms with Crippen molar-refractivity contribution in [1.82, 2.24) is 0 Å². The Kier molecular flexibility index (Phi) is 1.59. The summed E-state index contributed by atoms with van der Waals surface area (Å²) in [5.74, 6) is 0. The normalized spacial score (nSPS) is 10.7. The summed E-state index contributed by atoms with van der Waals surface area (Å²) in [6.45, 7) is 0. The summed E-state index contributed by atoms with van der Waals surface area (Å²) in [5, 5.41) is 0.825. The molecule has 0 unspecified atom stereocenters. The predicted octanol–water partition coefficient (Wildman–Crippen LogP) is 2.38. The van der Waals surface area contributed by atoms with Gasteiger partial charge in [-0.15, -0.1) is 0 Å². The van der Waals surface area contributed by atoms with E-state index in [0.717, 1.165) is 10.5 Å². The molecule has 3 heteroatoms. The van der Waals surface area contributed by atoms with Crippen LogP contribution in [0, 0.1) is 0 Å². The van der Waals surface area contributed by atoms with Crippen LogP contribution in [0.4, 0.5) is 0 Å². The Morgan fingerprint density at radius 3 is 3.00 bits per heavy atom. The number of hydrogen-bond donors (Lipinski definition) is 0. The number of halogens is 1. The van der Waals surface area contributed by atoms with Gasteiger partial charge in [0.1, 0.15) is 16.8 Å². The minimum Gasteiger partial charge on any atom is -0.190 e. The summed E-state index contributed by atoms with van der Waals surface area (Å²) >= 11 is 7.70. The van der Waals surface area contributed by atoms with Crippen LogP contribution in [0.25, 0.3) is 10.2 Å². The molecule has 0 amide bonds. The first-order valence-corrected chi connectivity index (χ1v) is 4.56. The Bertz CT molecular complexity index is 394. The van der Waals surface area contributed by atoms with E-state index >= 15 is 0 Å². The predicted molar refractivity (Wildman–Crippen MR) is 48.0 cm³/mol. The highest BCUT2D eigenvalue weighted by Crippen LogP contribution is 2.22. The molecule has 0 N–H and O–H groups in total. The quantitative estimate of drug-likeness (QED) is 0.554. The number of rotatable bonds is 0. The minimum absolute atomic E-state index is 0.825. The third-order valence-electron chi connectivity index (χ3n) is 1.64. The van der Waals surface area contributed by atoms with Crippen LogP contribution in [0.2, 0.25) is 5.02 Å². The van der Waals surface area contributed by atoms with Crippen LogP contribution in [-0.2, 0) is 7.05 Å². The van der Waals surface area contributed by atoms with Gasteiger partial charge in [-0.05, 0) is 12.1 Å². The van der Waals surface area contributed by atoms with Crippen molar-refractivity contribution in [3.05, 3.63) is 28.7 Å². The van der Waals surface area contributed by atoms with Gasteiger partial charge in [0.2, 0.25) is 11.0 Å². The molecule has 2 rings (SSSR count). The third kappa shape index (κ3) is 1.03. The number of nitrogens with zero attached hydrogens (tertiary/aromatic N) is 1. The van der Waals surface area contributed by atoms with E-state index < -0.39 is 0 Å². The smallest absolute Gasteiger partial charge is 0.190 e. The zero-order chi connectivity index (χ0) is 7.84. The van der Waals surface area contributed by atoms with Gasteiger partial charge in [-0.1, -0.05) is 29.0 Å². The summed E-state index contributed by atoms with van der Waals surface area (Å²) in [4.78, 5) is 0. The molecule has 0 aliphatic rings. The van der Waals surface area contributed by atoms with E-state index in [1.807, 2.05) is 23.7 Å². The van der Waals surface area contributed by atoms with E-state index in [0.29, 0.717) is 0 Å². The Morgan fingerprint density at radius 2 is 2.27 bits per heavy atom. The molecule has 1 aromatic heterocycles. The molecule has 0 radical (unpaired) electrons. The van der Waals surface area contributed by atoms with Gasteiger partial charge >= 0.3 is 0 Å². The second-order valence-electron chi connectivity index (χ2n) is 2.42. The van der Waals surface area contributed by atoms with Gasteiger partial charge in [-0.25, -0.2) is 0 Å². The lowest BCUT2D eigenvalue weighted by Crippen LogP contribution is -2.24. The number of para-hydroxylation sites is 1. The van der Waals surface area contributed by atoms with E-state index in [1.165, 1.54) is 4.70 Å². The van der Waals surface area contributed by atoms with Crippen molar-refractivity contribution in [2.45, 2.75) is 0 Å². The van der Waals surface area contributed by atoms with Gasteiger partial charge in [-0.2, -0.15) is 4.57 Å². The first kappa shape index (κ1) is 7.07. The van der Waals surface area contributed by atoms with Crippen molar-refractivity contribution in [1.29, 1.82) is 0 Å². The van der Waals surface area contributed by atoms with Crippen LogP contribution in [-0.4, -0.2) is 0 Å². The standard InChI is InChI=1S/C8H7ClNS/c1-10-5-11-7-4-2-3-6(9)8(7)10/h2-5H,1H3/q+1. The number of fused-ring (bicyclic) bond motifs is 1. The largest absolute Gasteiger partial charge is 0.242 e. The summed E-state index contributed by atoms with van der Waals surface area (Å²) in [5.41, 5.74) is 3.18. The molecule has 0 saturated heterocycles. The molecule has 0 spiro atoms. The fourth-order valence-electron chi connectivity index (χ4n) is 1.12. The Morgan fingerprint density at radius 1 is 1.45 bits per heavy atom. The van der Waals surface area contributed by atoms with E-state index in [2.05, 4.69) is 11.6 Å². The number of hydrogen-bond acceptors (Lipinski definition) is 1. The van der Waals surface area contributed by atoms with Crippen LogP contribution in [0.15, 0.2) is 23.7 Å². The molecule has 0 bridgehead atoms. The highest BCUT2D eigenvalue weighted by molar-refractivity contribution is 7.16. The molecule has 11 heavy (non-hydrogen) atoms. The van der Waals surface area contributed by atoms with Crippen molar-refractivity contribution in [2.24, 2.45) is 7.05 Å². The average Bonchev–Trinajstić information content (AvgIpc) is 2.34. The SMILES string of the molecule is C[n+]1csc2cccc(Cl)c21. The highest BCUT2D eigenvalue weighted by Gasteiger charge is 2.10.